The molecule has 0 saturated heterocycles. The van der Waals surface area contributed by atoms with Crippen molar-refractivity contribution in [2.24, 2.45) is 0 Å². The molecule has 1 N–H and O–H groups in total. The van der Waals surface area contributed by atoms with Crippen molar-refractivity contribution in [3.8, 4) is 0 Å². The van der Waals surface area contributed by atoms with Crippen LogP contribution in [0.4, 0.5) is 5.82 Å². The molecular weight excluding hydrogens is 230 g/mol. The molecule has 0 bridgehead atoms. The maximum atomic E-state index is 4.60. The Morgan fingerprint density at radius 2 is 2.00 bits per heavy atom. The Balaban J connectivity index is 2.79. The van der Waals surface area contributed by atoms with Crippen LogP contribution in [0.2, 0.25) is 0 Å². The molecule has 3 nitrogen and oxygen atoms in total. The summed E-state index contributed by atoms with van der Waals surface area (Å²) in [4.78, 5) is 9.10. The number of aryl methyl sites for hydroxylation is 1. The fourth-order valence-electron chi connectivity index (χ4n) is 1.41. The molecule has 0 spiro atoms. The van der Waals surface area contributed by atoms with Gasteiger partial charge in [0.15, 0.2) is 0 Å². The van der Waals surface area contributed by atoms with E-state index in [1.54, 1.807) is 0 Å². The van der Waals surface area contributed by atoms with Crippen molar-refractivity contribution in [2.75, 3.05) is 12.4 Å². The predicted octanol–water partition coefficient (Wildman–Crippen LogP) is 3.50. The lowest BCUT2D eigenvalue weighted by Gasteiger charge is -2.17. The zero-order valence-electron chi connectivity index (χ0n) is 11.5. The highest BCUT2D eigenvalue weighted by Crippen LogP contribution is 2.26. The van der Waals surface area contributed by atoms with Crippen LogP contribution in [0.3, 0.4) is 0 Å². The van der Waals surface area contributed by atoms with Crippen LogP contribution in [0, 0.1) is 0 Å². The minimum atomic E-state index is 0.254. The Bertz CT molecular complexity index is 358. The fourth-order valence-corrected chi connectivity index (χ4v) is 2.10. The smallest absolute Gasteiger partial charge is 0.140 e. The average Bonchev–Trinajstić information content (AvgIpc) is 2.25. The molecule has 0 aromatic carbocycles. The Morgan fingerprint density at radius 3 is 2.53 bits per heavy atom. The lowest BCUT2D eigenvalue weighted by atomic mass is 10.2. The molecule has 0 aliphatic heterocycles. The topological polar surface area (TPSA) is 37.8 Å². The second kappa shape index (κ2) is 6.24. The first kappa shape index (κ1) is 14.3. The van der Waals surface area contributed by atoms with E-state index < -0.39 is 0 Å². The van der Waals surface area contributed by atoms with Gasteiger partial charge in [0.2, 0.25) is 0 Å². The zero-order valence-corrected chi connectivity index (χ0v) is 12.3. The van der Waals surface area contributed by atoms with Gasteiger partial charge >= 0.3 is 0 Å². The SMILES string of the molecule is CCCc1cc(NC)nc(CSC(C)(C)C)n1. The summed E-state index contributed by atoms with van der Waals surface area (Å²) in [6.45, 7) is 8.82. The van der Waals surface area contributed by atoms with Crippen LogP contribution in [0.1, 0.15) is 45.6 Å². The van der Waals surface area contributed by atoms with Gasteiger partial charge in [-0.05, 0) is 6.42 Å². The Hall–Kier alpha value is -0.770. The summed E-state index contributed by atoms with van der Waals surface area (Å²) in [5, 5.41) is 3.10. The molecule has 96 valence electrons. The van der Waals surface area contributed by atoms with Crippen molar-refractivity contribution in [3.05, 3.63) is 17.6 Å². The summed E-state index contributed by atoms with van der Waals surface area (Å²) >= 11 is 1.88. The summed E-state index contributed by atoms with van der Waals surface area (Å²) in [6, 6.07) is 2.04. The van der Waals surface area contributed by atoms with Gasteiger partial charge in [-0.3, -0.25) is 0 Å². The number of anilines is 1. The molecule has 17 heavy (non-hydrogen) atoms. The second-order valence-electron chi connectivity index (χ2n) is 5.06. The van der Waals surface area contributed by atoms with Crippen molar-refractivity contribution in [1.82, 2.24) is 9.97 Å². The van der Waals surface area contributed by atoms with E-state index in [-0.39, 0.29) is 4.75 Å². The van der Waals surface area contributed by atoms with Crippen LogP contribution in [0.5, 0.6) is 0 Å². The zero-order chi connectivity index (χ0) is 12.9. The lowest BCUT2D eigenvalue weighted by Crippen LogP contribution is -2.10. The highest BCUT2D eigenvalue weighted by Gasteiger charge is 2.12. The summed E-state index contributed by atoms with van der Waals surface area (Å²) < 4.78 is 0.254. The quantitative estimate of drug-likeness (QED) is 0.871. The number of thioether (sulfide) groups is 1. The number of nitrogens with zero attached hydrogens (tertiary/aromatic N) is 2. The van der Waals surface area contributed by atoms with E-state index in [0.717, 1.165) is 35.9 Å². The predicted molar refractivity (Wildman–Crippen MR) is 76.6 cm³/mol. The minimum Gasteiger partial charge on any atom is -0.373 e. The van der Waals surface area contributed by atoms with Crippen LogP contribution >= 0.6 is 11.8 Å². The molecule has 0 aliphatic rings. The monoisotopic (exact) mass is 253 g/mol. The number of aromatic nitrogens is 2. The minimum absolute atomic E-state index is 0.254. The number of rotatable bonds is 5. The van der Waals surface area contributed by atoms with Crippen LogP contribution in [-0.4, -0.2) is 21.8 Å². The molecule has 0 fully saturated rings. The molecule has 1 aromatic rings. The van der Waals surface area contributed by atoms with Gasteiger partial charge in [0.25, 0.3) is 0 Å². The standard InChI is InChI=1S/C13H23N3S/c1-6-7-10-8-11(14-5)16-12(15-10)9-17-13(2,3)4/h8H,6-7,9H2,1-5H3,(H,14,15,16). The first-order valence-corrected chi connectivity index (χ1v) is 7.11. The molecular formula is C13H23N3S. The maximum Gasteiger partial charge on any atom is 0.140 e. The summed E-state index contributed by atoms with van der Waals surface area (Å²) in [5.41, 5.74) is 1.14. The summed E-state index contributed by atoms with van der Waals surface area (Å²) in [5.74, 6) is 2.73. The molecule has 0 unspecified atom stereocenters. The van der Waals surface area contributed by atoms with E-state index in [1.165, 1.54) is 0 Å². The number of hydrogen-bond acceptors (Lipinski definition) is 4. The highest BCUT2D eigenvalue weighted by atomic mass is 32.2. The first-order valence-electron chi connectivity index (χ1n) is 6.13. The van der Waals surface area contributed by atoms with Gasteiger partial charge in [-0.25, -0.2) is 9.97 Å². The molecule has 0 atom stereocenters. The first-order chi connectivity index (χ1) is 7.94. The molecule has 1 rings (SSSR count). The highest BCUT2D eigenvalue weighted by molar-refractivity contribution is 7.99. The largest absolute Gasteiger partial charge is 0.373 e. The molecule has 0 amide bonds. The van der Waals surface area contributed by atoms with Gasteiger partial charge in [-0.15, -0.1) is 11.8 Å². The van der Waals surface area contributed by atoms with E-state index >= 15 is 0 Å². The molecule has 4 heteroatoms. The van der Waals surface area contributed by atoms with Gasteiger partial charge in [0, 0.05) is 23.6 Å². The van der Waals surface area contributed by atoms with E-state index in [4.69, 9.17) is 0 Å². The van der Waals surface area contributed by atoms with Gasteiger partial charge < -0.3 is 5.32 Å². The molecule has 1 aromatic heterocycles. The Kier molecular flexibility index (Phi) is 5.25. The van der Waals surface area contributed by atoms with Crippen molar-refractivity contribution < 1.29 is 0 Å². The van der Waals surface area contributed by atoms with Gasteiger partial charge in [-0.2, -0.15) is 0 Å². The number of hydrogen-bond donors (Lipinski definition) is 1. The third-order valence-electron chi connectivity index (χ3n) is 2.22. The van der Waals surface area contributed by atoms with Crippen molar-refractivity contribution in [2.45, 2.75) is 51.0 Å². The third kappa shape index (κ3) is 5.39. The van der Waals surface area contributed by atoms with E-state index in [0.29, 0.717) is 0 Å². The number of nitrogens with one attached hydrogen (secondary N) is 1. The van der Waals surface area contributed by atoms with Crippen LogP contribution < -0.4 is 5.32 Å². The normalized spacial score (nSPS) is 11.6. The van der Waals surface area contributed by atoms with Gasteiger partial charge in [0.1, 0.15) is 11.6 Å². The maximum absolute atomic E-state index is 4.60. The fraction of sp³-hybridized carbons (Fsp3) is 0.692. The molecule has 1 heterocycles. The average molecular weight is 253 g/mol. The van der Waals surface area contributed by atoms with Crippen LogP contribution in [0.25, 0.3) is 0 Å². The van der Waals surface area contributed by atoms with Crippen LogP contribution in [-0.2, 0) is 12.2 Å². The van der Waals surface area contributed by atoms with Gasteiger partial charge in [-0.1, -0.05) is 34.1 Å². The Labute approximate surface area is 109 Å². The third-order valence-corrected chi connectivity index (χ3v) is 3.49. The van der Waals surface area contributed by atoms with Crippen LogP contribution in [0.15, 0.2) is 6.07 Å². The van der Waals surface area contributed by atoms with Crippen molar-refractivity contribution in [3.63, 3.8) is 0 Å². The Morgan fingerprint density at radius 1 is 1.29 bits per heavy atom. The second-order valence-corrected chi connectivity index (χ2v) is 6.86. The summed E-state index contributed by atoms with van der Waals surface area (Å²) in [6.07, 6.45) is 2.14. The van der Waals surface area contributed by atoms with Crippen molar-refractivity contribution in [1.29, 1.82) is 0 Å². The van der Waals surface area contributed by atoms with Gasteiger partial charge in [0.05, 0.1) is 5.75 Å². The summed E-state index contributed by atoms with van der Waals surface area (Å²) in [7, 11) is 1.90. The van der Waals surface area contributed by atoms with E-state index in [1.807, 2.05) is 24.9 Å². The van der Waals surface area contributed by atoms with Crippen molar-refractivity contribution >= 4 is 17.6 Å². The lowest BCUT2D eigenvalue weighted by molar-refractivity contribution is 0.797. The van der Waals surface area contributed by atoms with E-state index in [2.05, 4.69) is 43.0 Å². The molecule has 0 saturated carbocycles. The molecule has 0 radical (unpaired) electrons. The van der Waals surface area contributed by atoms with E-state index in [9.17, 15) is 0 Å². The molecule has 0 aliphatic carbocycles.